The van der Waals surface area contributed by atoms with Crippen LogP contribution in [-0.2, 0) is 16.4 Å². The summed E-state index contributed by atoms with van der Waals surface area (Å²) in [4.78, 5) is 24.4. The van der Waals surface area contributed by atoms with Gasteiger partial charge in [0.25, 0.3) is 5.91 Å². The zero-order valence-corrected chi connectivity index (χ0v) is 16.9. The molecule has 2 aromatic rings. The number of sulfonamides is 1. The van der Waals surface area contributed by atoms with Gasteiger partial charge in [0, 0.05) is 23.8 Å². The minimum absolute atomic E-state index is 0.0491. The van der Waals surface area contributed by atoms with Gasteiger partial charge in [0.15, 0.2) is 0 Å². The lowest BCUT2D eigenvalue weighted by molar-refractivity contribution is 0.0951. The Kier molecular flexibility index (Phi) is 6.19. The van der Waals surface area contributed by atoms with Crippen molar-refractivity contribution in [3.63, 3.8) is 0 Å². The molecule has 1 saturated carbocycles. The third-order valence-electron chi connectivity index (χ3n) is 4.61. The molecule has 8 nitrogen and oxygen atoms in total. The van der Waals surface area contributed by atoms with Crippen LogP contribution in [0.4, 0.5) is 10.5 Å². The molecule has 3 rings (SSSR count). The zero-order chi connectivity index (χ0) is 21.0. The van der Waals surface area contributed by atoms with Crippen LogP contribution in [-0.4, -0.2) is 32.9 Å². The van der Waals surface area contributed by atoms with Gasteiger partial charge in [-0.3, -0.25) is 4.79 Å². The molecule has 29 heavy (non-hydrogen) atoms. The van der Waals surface area contributed by atoms with Crippen molar-refractivity contribution in [1.82, 2.24) is 10.6 Å². The van der Waals surface area contributed by atoms with E-state index < -0.39 is 10.0 Å². The maximum Gasteiger partial charge on any atom is 0.319 e. The molecule has 9 heteroatoms. The molecule has 1 fully saturated rings. The first kappa shape index (κ1) is 20.8. The van der Waals surface area contributed by atoms with Gasteiger partial charge >= 0.3 is 6.03 Å². The number of hydrogen-bond acceptors (Lipinski definition) is 4. The van der Waals surface area contributed by atoms with Crippen molar-refractivity contribution in [1.29, 1.82) is 0 Å². The van der Waals surface area contributed by atoms with Crippen molar-refractivity contribution in [2.75, 3.05) is 11.9 Å². The van der Waals surface area contributed by atoms with Crippen LogP contribution in [0.1, 0.15) is 34.3 Å². The van der Waals surface area contributed by atoms with E-state index in [1.807, 2.05) is 6.92 Å². The van der Waals surface area contributed by atoms with Gasteiger partial charge in [0.1, 0.15) is 0 Å². The summed E-state index contributed by atoms with van der Waals surface area (Å²) in [5.41, 5.74) is 2.80. The highest BCUT2D eigenvalue weighted by molar-refractivity contribution is 7.89. The molecule has 0 bridgehead atoms. The van der Waals surface area contributed by atoms with Crippen LogP contribution in [0.25, 0.3) is 0 Å². The number of aryl methyl sites for hydroxylation is 1. The Morgan fingerprint density at radius 2 is 1.79 bits per heavy atom. The topological polar surface area (TPSA) is 130 Å². The number of primary sulfonamides is 1. The third kappa shape index (κ3) is 6.03. The molecular weight excluding hydrogens is 392 g/mol. The van der Waals surface area contributed by atoms with Crippen molar-refractivity contribution in [3.05, 3.63) is 59.2 Å². The minimum atomic E-state index is -3.71. The molecule has 0 aromatic heterocycles. The molecule has 0 atom stereocenters. The predicted molar refractivity (Wildman–Crippen MR) is 110 cm³/mol. The van der Waals surface area contributed by atoms with E-state index >= 15 is 0 Å². The number of nitrogens with one attached hydrogen (secondary N) is 3. The smallest absolute Gasteiger partial charge is 0.319 e. The van der Waals surface area contributed by atoms with Gasteiger partial charge in [-0.05, 0) is 61.6 Å². The van der Waals surface area contributed by atoms with E-state index in [4.69, 9.17) is 5.14 Å². The van der Waals surface area contributed by atoms with Gasteiger partial charge in [-0.25, -0.2) is 18.4 Å². The van der Waals surface area contributed by atoms with E-state index in [1.54, 1.807) is 30.3 Å². The average Bonchev–Trinajstić information content (AvgIpc) is 3.47. The molecular formula is C20H24N4O4S. The van der Waals surface area contributed by atoms with Crippen LogP contribution >= 0.6 is 0 Å². The standard InChI is InChI=1S/C20H24N4O4S/c1-13-2-5-15(19(25)23-16-6-7-16)12-18(13)24-20(26)22-11-10-14-3-8-17(9-4-14)29(21,27)28/h2-5,8-9,12,16H,6-7,10-11H2,1H3,(H,23,25)(H2,21,27,28)(H2,22,24,26). The van der Waals surface area contributed by atoms with Crippen molar-refractivity contribution in [2.45, 2.75) is 37.1 Å². The molecule has 0 unspecified atom stereocenters. The Morgan fingerprint density at radius 1 is 1.10 bits per heavy atom. The van der Waals surface area contributed by atoms with E-state index in [0.717, 1.165) is 24.0 Å². The first-order valence-electron chi connectivity index (χ1n) is 9.30. The van der Waals surface area contributed by atoms with E-state index in [1.165, 1.54) is 12.1 Å². The second-order valence-electron chi connectivity index (χ2n) is 7.10. The molecule has 0 spiro atoms. The molecule has 5 N–H and O–H groups in total. The minimum Gasteiger partial charge on any atom is -0.349 e. The number of hydrogen-bond donors (Lipinski definition) is 4. The molecule has 1 aliphatic rings. The number of nitrogens with two attached hydrogens (primary N) is 1. The molecule has 3 amide bonds. The number of rotatable bonds is 7. The van der Waals surface area contributed by atoms with Crippen molar-refractivity contribution >= 4 is 27.6 Å². The fourth-order valence-electron chi connectivity index (χ4n) is 2.73. The summed E-state index contributed by atoms with van der Waals surface area (Å²) in [7, 11) is -3.71. The summed E-state index contributed by atoms with van der Waals surface area (Å²) >= 11 is 0. The molecule has 0 radical (unpaired) electrons. The monoisotopic (exact) mass is 416 g/mol. The van der Waals surface area contributed by atoms with Gasteiger partial charge in [-0.15, -0.1) is 0 Å². The molecule has 0 aliphatic heterocycles. The number of anilines is 1. The van der Waals surface area contributed by atoms with Crippen LogP contribution < -0.4 is 21.1 Å². The van der Waals surface area contributed by atoms with E-state index in [2.05, 4.69) is 16.0 Å². The summed E-state index contributed by atoms with van der Waals surface area (Å²) in [5.74, 6) is -0.140. The van der Waals surface area contributed by atoms with Crippen molar-refractivity contribution < 1.29 is 18.0 Å². The summed E-state index contributed by atoms with van der Waals surface area (Å²) in [5, 5.41) is 13.5. The second-order valence-corrected chi connectivity index (χ2v) is 8.66. The van der Waals surface area contributed by atoms with E-state index in [0.29, 0.717) is 24.2 Å². The van der Waals surface area contributed by atoms with Gasteiger partial charge in [-0.2, -0.15) is 0 Å². The summed E-state index contributed by atoms with van der Waals surface area (Å²) in [6, 6.07) is 11.3. The Labute approximate surface area is 169 Å². The Morgan fingerprint density at radius 3 is 2.41 bits per heavy atom. The highest BCUT2D eigenvalue weighted by Gasteiger charge is 2.24. The molecule has 154 valence electrons. The lowest BCUT2D eigenvalue weighted by Gasteiger charge is -2.12. The quantitative estimate of drug-likeness (QED) is 0.549. The number of benzene rings is 2. The lowest BCUT2D eigenvalue weighted by Crippen LogP contribution is -2.31. The fraction of sp³-hybridized carbons (Fsp3) is 0.300. The van der Waals surface area contributed by atoms with E-state index in [9.17, 15) is 18.0 Å². The molecule has 0 saturated heterocycles. The Bertz CT molecular complexity index is 1020. The van der Waals surface area contributed by atoms with Gasteiger partial charge in [-0.1, -0.05) is 18.2 Å². The molecule has 1 aliphatic carbocycles. The third-order valence-corrected chi connectivity index (χ3v) is 5.54. The number of carbonyl (C=O) groups is 2. The Hall–Kier alpha value is -2.91. The molecule has 0 heterocycles. The average molecular weight is 417 g/mol. The van der Waals surface area contributed by atoms with E-state index in [-0.39, 0.29) is 22.9 Å². The van der Waals surface area contributed by atoms with Gasteiger partial charge in [0.2, 0.25) is 10.0 Å². The number of amides is 3. The summed E-state index contributed by atoms with van der Waals surface area (Å²) < 4.78 is 22.5. The van der Waals surface area contributed by atoms with Crippen LogP contribution in [0.15, 0.2) is 47.4 Å². The highest BCUT2D eigenvalue weighted by atomic mass is 32.2. The van der Waals surface area contributed by atoms with Crippen LogP contribution in [0.2, 0.25) is 0 Å². The second kappa shape index (κ2) is 8.62. The molecule has 2 aromatic carbocycles. The predicted octanol–water partition coefficient (Wildman–Crippen LogP) is 1.90. The maximum absolute atomic E-state index is 12.2. The first-order chi connectivity index (χ1) is 13.7. The Balaban J connectivity index is 1.52. The highest BCUT2D eigenvalue weighted by Crippen LogP contribution is 2.21. The number of carbonyl (C=O) groups excluding carboxylic acids is 2. The maximum atomic E-state index is 12.2. The SMILES string of the molecule is Cc1ccc(C(=O)NC2CC2)cc1NC(=O)NCCc1ccc(S(N)(=O)=O)cc1. The first-order valence-corrected chi connectivity index (χ1v) is 10.8. The van der Waals surface area contributed by atoms with Gasteiger partial charge < -0.3 is 16.0 Å². The normalized spacial score (nSPS) is 13.6. The summed E-state index contributed by atoms with van der Waals surface area (Å²) in [6.07, 6.45) is 2.55. The zero-order valence-electron chi connectivity index (χ0n) is 16.1. The number of urea groups is 1. The lowest BCUT2D eigenvalue weighted by atomic mass is 10.1. The van der Waals surface area contributed by atoms with Crippen molar-refractivity contribution in [3.8, 4) is 0 Å². The van der Waals surface area contributed by atoms with Crippen LogP contribution in [0, 0.1) is 6.92 Å². The van der Waals surface area contributed by atoms with Crippen LogP contribution in [0.5, 0.6) is 0 Å². The fourth-order valence-corrected chi connectivity index (χ4v) is 3.24. The van der Waals surface area contributed by atoms with Crippen LogP contribution in [0.3, 0.4) is 0 Å². The summed E-state index contributed by atoms with van der Waals surface area (Å²) in [6.45, 7) is 2.21. The largest absolute Gasteiger partial charge is 0.349 e. The van der Waals surface area contributed by atoms with Crippen molar-refractivity contribution in [2.24, 2.45) is 5.14 Å². The van der Waals surface area contributed by atoms with Gasteiger partial charge in [0.05, 0.1) is 4.90 Å².